The van der Waals surface area contributed by atoms with Crippen LogP contribution < -0.4 is 5.73 Å². The van der Waals surface area contributed by atoms with Crippen LogP contribution >= 0.6 is 11.8 Å². The van der Waals surface area contributed by atoms with Crippen molar-refractivity contribution in [2.75, 3.05) is 32.4 Å². The average molecular weight is 254 g/mol. The van der Waals surface area contributed by atoms with Gasteiger partial charge >= 0.3 is 0 Å². The Morgan fingerprint density at radius 2 is 2.12 bits per heavy atom. The molecule has 5 heteroatoms. The van der Waals surface area contributed by atoms with E-state index < -0.39 is 0 Å². The van der Waals surface area contributed by atoms with Gasteiger partial charge in [0.15, 0.2) is 0 Å². The van der Waals surface area contributed by atoms with E-state index in [0.717, 1.165) is 19.6 Å². The van der Waals surface area contributed by atoms with Crippen molar-refractivity contribution < 1.29 is 0 Å². The van der Waals surface area contributed by atoms with E-state index in [4.69, 9.17) is 5.73 Å². The van der Waals surface area contributed by atoms with Gasteiger partial charge in [-0.05, 0) is 38.3 Å². The largest absolute Gasteiger partial charge is 0.329 e. The summed E-state index contributed by atoms with van der Waals surface area (Å²) in [6.07, 6.45) is 8.47. The Morgan fingerprint density at radius 1 is 1.35 bits per heavy atom. The standard InChI is InChI=1S/C12H22N4S/c1-17-12(11-13)3-7-15(8-4-12)9-10-16-6-2-5-14-16/h2,5-6H,3-4,7-11,13H2,1H3. The SMILES string of the molecule is CSC1(CN)CCN(CCn2cccn2)CC1. The smallest absolute Gasteiger partial charge is 0.0536 e. The van der Waals surface area contributed by atoms with Gasteiger partial charge in [-0.25, -0.2) is 0 Å². The maximum Gasteiger partial charge on any atom is 0.0536 e. The van der Waals surface area contributed by atoms with Crippen LogP contribution in [-0.2, 0) is 6.54 Å². The number of nitrogens with two attached hydrogens (primary N) is 1. The van der Waals surface area contributed by atoms with Crippen molar-refractivity contribution in [3.8, 4) is 0 Å². The Labute approximate surface area is 108 Å². The van der Waals surface area contributed by atoms with Crippen molar-refractivity contribution in [3.63, 3.8) is 0 Å². The Morgan fingerprint density at radius 3 is 2.65 bits per heavy atom. The zero-order chi connectivity index (χ0) is 12.1. The molecule has 2 heterocycles. The maximum absolute atomic E-state index is 5.89. The van der Waals surface area contributed by atoms with E-state index in [2.05, 4.69) is 16.3 Å². The van der Waals surface area contributed by atoms with Crippen LogP contribution in [0.4, 0.5) is 0 Å². The van der Waals surface area contributed by atoms with Gasteiger partial charge in [0.05, 0.1) is 6.54 Å². The molecule has 0 spiro atoms. The first-order valence-electron chi connectivity index (χ1n) is 6.23. The molecule has 1 saturated heterocycles. The van der Waals surface area contributed by atoms with Gasteiger partial charge in [-0.2, -0.15) is 16.9 Å². The molecule has 0 amide bonds. The molecule has 4 nitrogen and oxygen atoms in total. The second kappa shape index (κ2) is 5.89. The normalized spacial score (nSPS) is 20.6. The van der Waals surface area contributed by atoms with Crippen molar-refractivity contribution in [3.05, 3.63) is 18.5 Å². The highest BCUT2D eigenvalue weighted by atomic mass is 32.2. The highest BCUT2D eigenvalue weighted by Gasteiger charge is 2.32. The zero-order valence-corrected chi connectivity index (χ0v) is 11.3. The summed E-state index contributed by atoms with van der Waals surface area (Å²) in [6, 6.07) is 1.98. The van der Waals surface area contributed by atoms with Crippen LogP contribution in [0, 0.1) is 0 Å². The summed E-state index contributed by atoms with van der Waals surface area (Å²) in [5.74, 6) is 0. The lowest BCUT2D eigenvalue weighted by Crippen LogP contribution is -2.47. The minimum Gasteiger partial charge on any atom is -0.329 e. The van der Waals surface area contributed by atoms with Crippen molar-refractivity contribution in [1.29, 1.82) is 0 Å². The molecule has 2 N–H and O–H groups in total. The van der Waals surface area contributed by atoms with Gasteiger partial charge in [-0.3, -0.25) is 4.68 Å². The fourth-order valence-electron chi connectivity index (χ4n) is 2.35. The van der Waals surface area contributed by atoms with Crippen LogP contribution in [0.1, 0.15) is 12.8 Å². The van der Waals surface area contributed by atoms with Crippen molar-refractivity contribution in [2.45, 2.75) is 24.1 Å². The van der Waals surface area contributed by atoms with Crippen LogP contribution in [0.5, 0.6) is 0 Å². The minimum atomic E-state index is 0.336. The number of hydrogen-bond acceptors (Lipinski definition) is 4. The molecule has 1 aliphatic rings. The second-order valence-corrected chi connectivity index (χ2v) is 5.98. The van der Waals surface area contributed by atoms with E-state index >= 15 is 0 Å². The second-order valence-electron chi connectivity index (χ2n) is 4.70. The van der Waals surface area contributed by atoms with Gasteiger partial charge < -0.3 is 10.6 Å². The molecule has 17 heavy (non-hydrogen) atoms. The Balaban J connectivity index is 1.75. The van der Waals surface area contributed by atoms with Crippen molar-refractivity contribution >= 4 is 11.8 Å². The van der Waals surface area contributed by atoms with Crippen LogP contribution in [-0.4, -0.2) is 51.9 Å². The van der Waals surface area contributed by atoms with Crippen LogP contribution in [0.3, 0.4) is 0 Å². The quantitative estimate of drug-likeness (QED) is 0.853. The molecule has 1 aromatic rings. The topological polar surface area (TPSA) is 47.1 Å². The van der Waals surface area contributed by atoms with Gasteiger partial charge in [0.2, 0.25) is 0 Å². The Kier molecular flexibility index (Phi) is 4.48. The summed E-state index contributed by atoms with van der Waals surface area (Å²) in [5.41, 5.74) is 5.89. The number of nitrogens with zero attached hydrogens (tertiary/aromatic N) is 3. The Hall–Kier alpha value is -0.520. The van der Waals surface area contributed by atoms with Gasteiger partial charge in [0, 0.05) is 30.2 Å². The number of likely N-dealkylation sites (tertiary alicyclic amines) is 1. The molecule has 0 bridgehead atoms. The number of hydrogen-bond donors (Lipinski definition) is 1. The molecular formula is C12H22N4S. The zero-order valence-electron chi connectivity index (χ0n) is 10.5. The summed E-state index contributed by atoms with van der Waals surface area (Å²) in [6.45, 7) is 5.22. The Bertz CT molecular complexity index is 311. The third-order valence-electron chi connectivity index (χ3n) is 3.78. The fourth-order valence-corrected chi connectivity index (χ4v) is 3.11. The summed E-state index contributed by atoms with van der Waals surface area (Å²) < 4.78 is 2.33. The van der Waals surface area contributed by atoms with Gasteiger partial charge in [0.25, 0.3) is 0 Å². The van der Waals surface area contributed by atoms with Crippen molar-refractivity contribution in [1.82, 2.24) is 14.7 Å². The van der Waals surface area contributed by atoms with E-state index in [-0.39, 0.29) is 0 Å². The summed E-state index contributed by atoms with van der Waals surface area (Å²) >= 11 is 1.94. The first kappa shape index (κ1) is 12.9. The molecule has 0 atom stereocenters. The summed E-state index contributed by atoms with van der Waals surface area (Å²) in [5, 5.41) is 4.23. The third-order valence-corrected chi connectivity index (χ3v) is 5.22. The molecule has 0 aliphatic carbocycles. The molecule has 0 aromatic carbocycles. The van der Waals surface area contributed by atoms with Gasteiger partial charge in [-0.15, -0.1) is 0 Å². The molecule has 96 valence electrons. The van der Waals surface area contributed by atoms with Crippen LogP contribution in [0.2, 0.25) is 0 Å². The van der Waals surface area contributed by atoms with Gasteiger partial charge in [-0.1, -0.05) is 0 Å². The molecule has 2 rings (SSSR count). The monoisotopic (exact) mass is 254 g/mol. The maximum atomic E-state index is 5.89. The lowest BCUT2D eigenvalue weighted by atomic mass is 9.96. The fraction of sp³-hybridized carbons (Fsp3) is 0.750. The molecule has 0 radical (unpaired) electrons. The predicted molar refractivity (Wildman–Crippen MR) is 73.2 cm³/mol. The van der Waals surface area contributed by atoms with Crippen LogP contribution in [0.25, 0.3) is 0 Å². The molecule has 1 aliphatic heterocycles. The van der Waals surface area contributed by atoms with Crippen molar-refractivity contribution in [2.24, 2.45) is 5.73 Å². The molecule has 1 fully saturated rings. The van der Waals surface area contributed by atoms with Gasteiger partial charge in [0.1, 0.15) is 0 Å². The molecule has 0 unspecified atom stereocenters. The lowest BCUT2D eigenvalue weighted by molar-refractivity contribution is 0.193. The van der Waals surface area contributed by atoms with E-state index in [1.165, 1.54) is 25.9 Å². The van der Waals surface area contributed by atoms with E-state index in [0.29, 0.717) is 4.75 Å². The van der Waals surface area contributed by atoms with E-state index in [9.17, 15) is 0 Å². The predicted octanol–water partition coefficient (Wildman–Crippen LogP) is 1.04. The minimum absolute atomic E-state index is 0.336. The highest BCUT2D eigenvalue weighted by molar-refractivity contribution is 8.00. The number of thioether (sulfide) groups is 1. The number of rotatable bonds is 5. The highest BCUT2D eigenvalue weighted by Crippen LogP contribution is 2.33. The summed E-state index contributed by atoms with van der Waals surface area (Å²) in [4.78, 5) is 2.52. The molecular weight excluding hydrogens is 232 g/mol. The first-order valence-corrected chi connectivity index (χ1v) is 7.45. The first-order chi connectivity index (χ1) is 8.28. The lowest BCUT2D eigenvalue weighted by Gasteiger charge is -2.40. The molecule has 0 saturated carbocycles. The third kappa shape index (κ3) is 3.24. The molecule has 1 aromatic heterocycles. The van der Waals surface area contributed by atoms with E-state index in [1.807, 2.05) is 34.9 Å². The number of piperidine rings is 1. The van der Waals surface area contributed by atoms with Crippen LogP contribution in [0.15, 0.2) is 18.5 Å². The average Bonchev–Trinajstić information content (AvgIpc) is 2.90. The number of aromatic nitrogens is 2. The van der Waals surface area contributed by atoms with E-state index in [1.54, 1.807) is 0 Å². The summed E-state index contributed by atoms with van der Waals surface area (Å²) in [7, 11) is 0.